The maximum Gasteiger partial charge on any atom is 0.278 e. The molecule has 0 atom stereocenters. The Labute approximate surface area is 195 Å². The summed E-state index contributed by atoms with van der Waals surface area (Å²) in [5.41, 5.74) is 2.27. The second-order valence-electron chi connectivity index (χ2n) is 8.84. The molecule has 4 rings (SSSR count). The highest BCUT2D eigenvalue weighted by Crippen LogP contribution is 2.41. The van der Waals surface area contributed by atoms with Crippen LogP contribution in [0.1, 0.15) is 42.5 Å². The van der Waals surface area contributed by atoms with Crippen molar-refractivity contribution in [3.63, 3.8) is 0 Å². The Morgan fingerprint density at radius 1 is 1.03 bits per heavy atom. The van der Waals surface area contributed by atoms with Crippen LogP contribution >= 0.6 is 0 Å². The van der Waals surface area contributed by atoms with Gasteiger partial charge in [0.2, 0.25) is 5.91 Å². The minimum Gasteiger partial charge on any atom is -0.274 e. The molecule has 0 fully saturated rings. The van der Waals surface area contributed by atoms with Crippen molar-refractivity contribution < 1.29 is 22.4 Å². The number of aromatic nitrogens is 2. The van der Waals surface area contributed by atoms with Crippen molar-refractivity contribution in [1.82, 2.24) is 14.5 Å². The molecule has 0 radical (unpaired) electrons. The van der Waals surface area contributed by atoms with Gasteiger partial charge in [0, 0.05) is 12.5 Å². The fraction of sp³-hybridized carbons (Fsp3) is 0.261. The molecule has 0 aliphatic heterocycles. The number of carbonyl (C=O) groups is 2. The third kappa shape index (κ3) is 4.79. The summed E-state index contributed by atoms with van der Waals surface area (Å²) in [6.45, 7) is 5.24. The molecule has 2 bridgehead atoms. The average molecular weight is 484 g/mol. The van der Waals surface area contributed by atoms with Crippen molar-refractivity contribution in [3.8, 4) is 0 Å². The van der Waals surface area contributed by atoms with Gasteiger partial charge >= 0.3 is 0 Å². The molecule has 1 amide bonds. The average Bonchev–Trinajstić information content (AvgIpc) is 2.98. The van der Waals surface area contributed by atoms with E-state index in [9.17, 15) is 22.4 Å². The van der Waals surface area contributed by atoms with E-state index in [4.69, 9.17) is 0 Å². The second-order valence-corrected chi connectivity index (χ2v) is 10.5. The summed E-state index contributed by atoms with van der Waals surface area (Å²) in [5.74, 6) is -1.51. The van der Waals surface area contributed by atoms with Crippen molar-refractivity contribution in [2.24, 2.45) is 15.6 Å². The summed E-state index contributed by atoms with van der Waals surface area (Å²) in [6, 6.07) is 10.8. The largest absolute Gasteiger partial charge is 0.278 e. The first-order chi connectivity index (χ1) is 15.9. The summed E-state index contributed by atoms with van der Waals surface area (Å²) in [6.07, 6.45) is 1.13. The van der Waals surface area contributed by atoms with E-state index < -0.39 is 21.7 Å². The number of nitrogens with zero attached hydrogens (tertiary/aromatic N) is 4. The van der Waals surface area contributed by atoms with Crippen LogP contribution < -0.4 is 4.72 Å². The fourth-order valence-electron chi connectivity index (χ4n) is 3.79. The molecule has 0 spiro atoms. The quantitative estimate of drug-likeness (QED) is 0.548. The van der Waals surface area contributed by atoms with Gasteiger partial charge in [0.1, 0.15) is 11.5 Å². The van der Waals surface area contributed by atoms with Crippen molar-refractivity contribution in [2.45, 2.75) is 38.5 Å². The zero-order valence-electron chi connectivity index (χ0n) is 18.7. The van der Waals surface area contributed by atoms with Gasteiger partial charge in [0.05, 0.1) is 22.0 Å². The number of fused-ring (bicyclic) bond motifs is 2. The molecule has 1 heterocycles. The lowest BCUT2D eigenvalue weighted by Gasteiger charge is -2.26. The zero-order chi connectivity index (χ0) is 24.7. The van der Waals surface area contributed by atoms with Crippen LogP contribution in [0, 0.1) is 11.2 Å². The molecule has 11 heteroatoms. The highest BCUT2D eigenvalue weighted by atomic mass is 32.2. The van der Waals surface area contributed by atoms with Gasteiger partial charge in [-0.2, -0.15) is 14.9 Å². The summed E-state index contributed by atoms with van der Waals surface area (Å²) in [4.78, 5) is 24.0. The third-order valence-corrected chi connectivity index (χ3v) is 6.74. The van der Waals surface area contributed by atoms with Crippen LogP contribution in [0.25, 0.3) is 0 Å². The number of nitrogens with one attached hydrogen (secondary N) is 1. The van der Waals surface area contributed by atoms with Crippen molar-refractivity contribution in [2.75, 3.05) is 0 Å². The van der Waals surface area contributed by atoms with Crippen LogP contribution in [0.5, 0.6) is 0 Å². The molecule has 1 aromatic heterocycles. The number of sulfonamides is 1. The van der Waals surface area contributed by atoms with Crippen LogP contribution in [0.4, 0.5) is 15.8 Å². The van der Waals surface area contributed by atoms with Crippen molar-refractivity contribution in [3.05, 3.63) is 71.3 Å². The number of carbonyl (C=O) groups excluding carboxylic acids is 2. The lowest BCUT2D eigenvalue weighted by Crippen LogP contribution is -2.28. The van der Waals surface area contributed by atoms with E-state index in [0.29, 0.717) is 41.2 Å². The van der Waals surface area contributed by atoms with Gasteiger partial charge in [-0.05, 0) is 66.8 Å². The predicted octanol–water partition coefficient (Wildman–Crippen LogP) is 4.08. The third-order valence-electron chi connectivity index (χ3n) is 5.29. The molecular weight excluding hydrogens is 461 g/mol. The Morgan fingerprint density at radius 3 is 2.29 bits per heavy atom. The lowest BCUT2D eigenvalue weighted by molar-refractivity contribution is -0.117. The number of halogens is 1. The molecule has 34 heavy (non-hydrogen) atoms. The van der Waals surface area contributed by atoms with Gasteiger partial charge in [0.25, 0.3) is 15.9 Å². The topological polar surface area (TPSA) is 123 Å². The normalized spacial score (nSPS) is 14.8. The monoisotopic (exact) mass is 483 g/mol. The minimum atomic E-state index is -3.95. The van der Waals surface area contributed by atoms with E-state index in [-0.39, 0.29) is 16.2 Å². The molecule has 0 saturated heterocycles. The van der Waals surface area contributed by atoms with E-state index >= 15 is 0 Å². The standard InChI is InChI=1S/C23H22FN5O4S/c1-14(30)28-34(32,33)18-10-8-17(9-11-18)25-26-21-19-12-23(2,3)13-20(21)29(27-19)22(31)15-4-6-16(24)7-5-15/h4-11H,12-13H2,1-3H3,(H,28,30). The molecule has 9 nitrogen and oxygen atoms in total. The van der Waals surface area contributed by atoms with E-state index in [1.807, 2.05) is 4.72 Å². The van der Waals surface area contributed by atoms with Gasteiger partial charge in [0.15, 0.2) is 0 Å². The Kier molecular flexibility index (Phi) is 5.90. The molecule has 2 aromatic carbocycles. The Morgan fingerprint density at radius 2 is 1.68 bits per heavy atom. The molecule has 0 saturated carbocycles. The Bertz CT molecular complexity index is 1410. The molecule has 176 valence electrons. The highest BCUT2D eigenvalue weighted by molar-refractivity contribution is 7.90. The van der Waals surface area contributed by atoms with Crippen LogP contribution in [0.3, 0.4) is 0 Å². The molecule has 1 N–H and O–H groups in total. The Balaban J connectivity index is 1.65. The van der Waals surface area contributed by atoms with E-state index in [1.54, 1.807) is 0 Å². The molecular formula is C23H22FN5O4S. The van der Waals surface area contributed by atoms with Crippen LogP contribution in [0.15, 0.2) is 63.7 Å². The Hall–Kier alpha value is -3.73. The summed E-state index contributed by atoms with van der Waals surface area (Å²) < 4.78 is 40.6. The molecule has 0 unspecified atom stereocenters. The number of azo groups is 1. The zero-order valence-corrected chi connectivity index (χ0v) is 19.6. The van der Waals surface area contributed by atoms with Gasteiger partial charge < -0.3 is 0 Å². The maximum absolute atomic E-state index is 13.3. The number of rotatable bonds is 5. The number of hydrogen-bond donors (Lipinski definition) is 1. The second kappa shape index (κ2) is 8.56. The lowest BCUT2D eigenvalue weighted by atomic mass is 9.79. The first-order valence-corrected chi connectivity index (χ1v) is 11.9. The van der Waals surface area contributed by atoms with Gasteiger partial charge in [-0.25, -0.2) is 17.5 Å². The summed E-state index contributed by atoms with van der Waals surface area (Å²) >= 11 is 0. The maximum atomic E-state index is 13.3. The molecule has 1 aliphatic carbocycles. The number of benzene rings is 2. The van der Waals surface area contributed by atoms with E-state index in [0.717, 1.165) is 6.92 Å². The molecule has 1 aliphatic rings. The molecule has 3 aromatic rings. The first-order valence-electron chi connectivity index (χ1n) is 10.4. The van der Waals surface area contributed by atoms with Crippen LogP contribution in [0.2, 0.25) is 0 Å². The van der Waals surface area contributed by atoms with Gasteiger partial charge in [-0.1, -0.05) is 13.8 Å². The van der Waals surface area contributed by atoms with Crippen molar-refractivity contribution >= 4 is 33.2 Å². The highest BCUT2D eigenvalue weighted by Gasteiger charge is 2.35. The van der Waals surface area contributed by atoms with E-state index in [2.05, 4.69) is 29.2 Å². The van der Waals surface area contributed by atoms with Crippen molar-refractivity contribution in [1.29, 1.82) is 0 Å². The summed E-state index contributed by atoms with van der Waals surface area (Å²) in [7, 11) is -3.95. The fourth-order valence-corrected chi connectivity index (χ4v) is 4.78. The first kappa shape index (κ1) is 23.4. The van der Waals surface area contributed by atoms with Gasteiger partial charge in [-0.15, -0.1) is 5.11 Å². The van der Waals surface area contributed by atoms with Gasteiger partial charge in [-0.3, -0.25) is 9.59 Å². The van der Waals surface area contributed by atoms with Crippen LogP contribution in [-0.2, 0) is 27.7 Å². The predicted molar refractivity (Wildman–Crippen MR) is 121 cm³/mol. The minimum absolute atomic E-state index is 0.0800. The summed E-state index contributed by atoms with van der Waals surface area (Å²) in [5, 5.41) is 13.0. The smallest absolute Gasteiger partial charge is 0.274 e. The number of amides is 1. The van der Waals surface area contributed by atoms with Crippen LogP contribution in [-0.4, -0.2) is 30.0 Å². The SMILES string of the molecule is CC(=O)NS(=O)(=O)c1ccc(N=Nc2c3nn(C(=O)c4ccc(F)cc4)c2CC(C)(C)C3)cc1. The van der Waals surface area contributed by atoms with E-state index in [1.165, 1.54) is 53.2 Å². The number of hydrogen-bond acceptors (Lipinski definition) is 7.